The zero-order chi connectivity index (χ0) is 14.0. The van der Waals surface area contributed by atoms with Crippen molar-refractivity contribution in [3.05, 3.63) is 29.3 Å². The Kier molecular flexibility index (Phi) is 3.95. The van der Waals surface area contributed by atoms with Crippen LogP contribution < -0.4 is 10.2 Å². The summed E-state index contributed by atoms with van der Waals surface area (Å²) in [5, 5.41) is 3.28. The predicted molar refractivity (Wildman–Crippen MR) is 79.6 cm³/mol. The first-order valence-corrected chi connectivity index (χ1v) is 7.02. The second kappa shape index (κ2) is 5.33. The smallest absolute Gasteiger partial charge is 0.240 e. The van der Waals surface area contributed by atoms with Crippen LogP contribution in [0.1, 0.15) is 38.3 Å². The number of fused-ring (bicyclic) bond motifs is 1. The van der Waals surface area contributed by atoms with Crippen LogP contribution in [0.25, 0.3) is 0 Å². The van der Waals surface area contributed by atoms with Crippen LogP contribution in [-0.2, 0) is 11.2 Å². The number of nitrogens with one attached hydrogen (secondary N) is 1. The fraction of sp³-hybridized carbons (Fsp3) is 0.562. The number of amides is 1. The van der Waals surface area contributed by atoms with Crippen molar-refractivity contribution in [2.45, 2.75) is 46.1 Å². The van der Waals surface area contributed by atoms with E-state index < -0.39 is 0 Å². The van der Waals surface area contributed by atoms with Gasteiger partial charge in [-0.3, -0.25) is 4.79 Å². The van der Waals surface area contributed by atoms with Gasteiger partial charge in [0.05, 0.1) is 6.54 Å². The molecule has 3 heteroatoms. The summed E-state index contributed by atoms with van der Waals surface area (Å²) in [7, 11) is 0. The highest BCUT2D eigenvalue weighted by Crippen LogP contribution is 2.30. The number of aryl methyl sites for hydroxylation is 2. The van der Waals surface area contributed by atoms with Crippen molar-refractivity contribution in [2.75, 3.05) is 18.0 Å². The van der Waals surface area contributed by atoms with Gasteiger partial charge >= 0.3 is 0 Å². The summed E-state index contributed by atoms with van der Waals surface area (Å²) in [4.78, 5) is 14.4. The molecule has 0 atom stereocenters. The summed E-state index contributed by atoms with van der Waals surface area (Å²) in [6, 6.07) is 6.30. The van der Waals surface area contributed by atoms with Gasteiger partial charge in [0.2, 0.25) is 5.91 Å². The molecule has 0 saturated carbocycles. The highest BCUT2D eigenvalue weighted by molar-refractivity contribution is 5.96. The zero-order valence-electron chi connectivity index (χ0n) is 12.4. The van der Waals surface area contributed by atoms with Gasteiger partial charge in [0.15, 0.2) is 0 Å². The molecule has 0 saturated heterocycles. The van der Waals surface area contributed by atoms with Gasteiger partial charge in [-0.05, 0) is 51.7 Å². The van der Waals surface area contributed by atoms with E-state index in [0.717, 1.165) is 25.1 Å². The minimum atomic E-state index is -0.0278. The van der Waals surface area contributed by atoms with Crippen molar-refractivity contribution in [3.63, 3.8) is 0 Å². The van der Waals surface area contributed by atoms with Crippen molar-refractivity contribution in [1.82, 2.24) is 5.32 Å². The van der Waals surface area contributed by atoms with Crippen LogP contribution in [0.3, 0.4) is 0 Å². The lowest BCUT2D eigenvalue weighted by atomic mass is 9.98. The second-order valence-electron chi connectivity index (χ2n) is 6.34. The lowest BCUT2D eigenvalue weighted by Crippen LogP contribution is -2.46. The maximum atomic E-state index is 12.4. The molecule has 1 aromatic carbocycles. The molecule has 0 aromatic heterocycles. The number of benzene rings is 1. The van der Waals surface area contributed by atoms with E-state index in [1.165, 1.54) is 11.1 Å². The Bertz CT molecular complexity index is 474. The first-order chi connectivity index (χ1) is 8.88. The zero-order valence-corrected chi connectivity index (χ0v) is 12.4. The third kappa shape index (κ3) is 3.35. The van der Waals surface area contributed by atoms with Crippen LogP contribution in [0.5, 0.6) is 0 Å². The number of carbonyl (C=O) groups excluding carboxylic acids is 1. The molecule has 3 nitrogen and oxygen atoms in total. The summed E-state index contributed by atoms with van der Waals surface area (Å²) < 4.78 is 0. The van der Waals surface area contributed by atoms with E-state index in [1.54, 1.807) is 0 Å². The third-order valence-corrected chi connectivity index (χ3v) is 3.49. The molecule has 0 fully saturated rings. The van der Waals surface area contributed by atoms with Gasteiger partial charge in [-0.25, -0.2) is 0 Å². The summed E-state index contributed by atoms with van der Waals surface area (Å²) in [6.45, 7) is 9.56. The number of hydrogen-bond donors (Lipinski definition) is 1. The molecule has 19 heavy (non-hydrogen) atoms. The van der Waals surface area contributed by atoms with Crippen LogP contribution in [0, 0.1) is 6.92 Å². The average molecular weight is 260 g/mol. The molecule has 1 aliphatic rings. The van der Waals surface area contributed by atoms with Crippen molar-refractivity contribution >= 4 is 11.6 Å². The quantitative estimate of drug-likeness (QED) is 0.886. The summed E-state index contributed by atoms with van der Waals surface area (Å²) >= 11 is 0. The van der Waals surface area contributed by atoms with Gasteiger partial charge in [-0.1, -0.05) is 18.2 Å². The third-order valence-electron chi connectivity index (χ3n) is 3.49. The Morgan fingerprint density at radius 2 is 2.11 bits per heavy atom. The Morgan fingerprint density at radius 3 is 2.79 bits per heavy atom. The van der Waals surface area contributed by atoms with Crippen molar-refractivity contribution in [1.29, 1.82) is 0 Å². The molecule has 0 aliphatic carbocycles. The molecule has 1 N–H and O–H groups in total. The SMILES string of the molecule is Cc1cccc2c1N(C(=O)CNC(C)(C)C)CCC2. The van der Waals surface area contributed by atoms with Crippen molar-refractivity contribution in [3.8, 4) is 0 Å². The van der Waals surface area contributed by atoms with Crippen LogP contribution in [0.4, 0.5) is 5.69 Å². The maximum Gasteiger partial charge on any atom is 0.240 e. The number of anilines is 1. The fourth-order valence-electron chi connectivity index (χ4n) is 2.53. The minimum Gasteiger partial charge on any atom is -0.311 e. The van der Waals surface area contributed by atoms with Crippen molar-refractivity contribution < 1.29 is 4.79 Å². The van der Waals surface area contributed by atoms with E-state index in [9.17, 15) is 4.79 Å². The molecule has 0 radical (unpaired) electrons. The van der Waals surface area contributed by atoms with Crippen LogP contribution >= 0.6 is 0 Å². The lowest BCUT2D eigenvalue weighted by Gasteiger charge is -2.32. The molecular weight excluding hydrogens is 236 g/mol. The average Bonchev–Trinajstić information content (AvgIpc) is 2.35. The summed E-state index contributed by atoms with van der Waals surface area (Å²) in [5.74, 6) is 0.171. The van der Waals surface area contributed by atoms with E-state index in [-0.39, 0.29) is 11.4 Å². The molecule has 0 bridgehead atoms. The van der Waals surface area contributed by atoms with E-state index >= 15 is 0 Å². The Morgan fingerprint density at radius 1 is 1.37 bits per heavy atom. The Hall–Kier alpha value is -1.35. The standard InChI is InChI=1S/C16H24N2O/c1-12-7-5-8-13-9-6-10-18(15(12)13)14(19)11-17-16(2,3)4/h5,7-8,17H,6,9-11H2,1-4H3. The van der Waals surface area contributed by atoms with Gasteiger partial charge in [-0.15, -0.1) is 0 Å². The summed E-state index contributed by atoms with van der Waals surface area (Å²) in [6.07, 6.45) is 2.13. The van der Waals surface area contributed by atoms with Crippen LogP contribution in [-0.4, -0.2) is 24.5 Å². The van der Waals surface area contributed by atoms with E-state index in [1.807, 2.05) is 4.90 Å². The van der Waals surface area contributed by atoms with Gasteiger partial charge in [0, 0.05) is 17.8 Å². The largest absolute Gasteiger partial charge is 0.311 e. The molecule has 1 aromatic rings. The molecule has 1 heterocycles. The maximum absolute atomic E-state index is 12.4. The van der Waals surface area contributed by atoms with E-state index in [0.29, 0.717) is 6.54 Å². The molecule has 1 amide bonds. The minimum absolute atomic E-state index is 0.0278. The number of carbonyl (C=O) groups is 1. The number of nitrogens with zero attached hydrogens (tertiary/aromatic N) is 1. The van der Waals surface area contributed by atoms with Crippen LogP contribution in [0.15, 0.2) is 18.2 Å². The fourth-order valence-corrected chi connectivity index (χ4v) is 2.53. The van der Waals surface area contributed by atoms with Crippen molar-refractivity contribution in [2.24, 2.45) is 0 Å². The van der Waals surface area contributed by atoms with E-state index in [2.05, 4.69) is 51.2 Å². The number of para-hydroxylation sites is 1. The molecule has 0 unspecified atom stereocenters. The molecule has 0 spiro atoms. The second-order valence-corrected chi connectivity index (χ2v) is 6.34. The highest BCUT2D eigenvalue weighted by atomic mass is 16.2. The molecule has 1 aliphatic heterocycles. The van der Waals surface area contributed by atoms with Gasteiger partial charge in [0.25, 0.3) is 0 Å². The Labute approximate surface area is 116 Å². The molecule has 104 valence electrons. The Balaban J connectivity index is 2.17. The van der Waals surface area contributed by atoms with E-state index in [4.69, 9.17) is 0 Å². The van der Waals surface area contributed by atoms with Gasteiger partial charge < -0.3 is 10.2 Å². The molecule has 2 rings (SSSR count). The molecular formula is C16H24N2O. The number of hydrogen-bond acceptors (Lipinski definition) is 2. The van der Waals surface area contributed by atoms with Gasteiger partial charge in [0.1, 0.15) is 0 Å². The number of rotatable bonds is 2. The normalized spacial score (nSPS) is 15.3. The first kappa shape index (κ1) is 14.1. The monoisotopic (exact) mass is 260 g/mol. The topological polar surface area (TPSA) is 32.3 Å². The highest BCUT2D eigenvalue weighted by Gasteiger charge is 2.24. The first-order valence-electron chi connectivity index (χ1n) is 7.02. The summed E-state index contributed by atoms with van der Waals surface area (Å²) in [5.41, 5.74) is 3.60. The predicted octanol–water partition coefficient (Wildman–Crippen LogP) is 2.66. The lowest BCUT2D eigenvalue weighted by molar-refractivity contribution is -0.118. The van der Waals surface area contributed by atoms with Gasteiger partial charge in [-0.2, -0.15) is 0 Å². The van der Waals surface area contributed by atoms with Crippen LogP contribution in [0.2, 0.25) is 0 Å².